The summed E-state index contributed by atoms with van der Waals surface area (Å²) in [6, 6.07) is 20.8. The molecule has 4 heteroatoms. The van der Waals surface area contributed by atoms with Crippen LogP contribution in [0.3, 0.4) is 0 Å². The quantitative estimate of drug-likeness (QED) is 0.364. The highest BCUT2D eigenvalue weighted by atomic mass is 35.5. The summed E-state index contributed by atoms with van der Waals surface area (Å²) < 4.78 is 14.3. The normalized spacial score (nSPS) is 13.2. The van der Waals surface area contributed by atoms with E-state index < -0.39 is 0 Å². The molecule has 0 radical (unpaired) electrons. The van der Waals surface area contributed by atoms with Crippen molar-refractivity contribution in [3.63, 3.8) is 0 Å². The Morgan fingerprint density at radius 1 is 0.806 bits per heavy atom. The Morgan fingerprint density at radius 3 is 1.74 bits per heavy atom. The van der Waals surface area contributed by atoms with E-state index in [9.17, 15) is 0 Å². The molecule has 2 rings (SSSR count). The third kappa shape index (κ3) is 8.48. The van der Waals surface area contributed by atoms with Gasteiger partial charge in [0.25, 0.3) is 0 Å². The van der Waals surface area contributed by atoms with Crippen LogP contribution in [0.25, 0.3) is 0 Å². The lowest BCUT2D eigenvalue weighted by Gasteiger charge is -2.41. The van der Waals surface area contributed by atoms with E-state index in [1.807, 2.05) is 18.2 Å². The molecule has 0 N–H and O–H groups in total. The number of benzene rings is 2. The molecule has 31 heavy (non-hydrogen) atoms. The van der Waals surface area contributed by atoms with Crippen LogP contribution in [0.1, 0.15) is 59.3 Å². The topological polar surface area (TPSA) is 18.5 Å². The minimum Gasteiger partial charge on any atom is -1.00 e. The maximum Gasteiger partial charge on any atom is 0.219 e. The van der Waals surface area contributed by atoms with Gasteiger partial charge in [0.1, 0.15) is 11.4 Å². The van der Waals surface area contributed by atoms with E-state index in [2.05, 4.69) is 91.2 Å². The molecule has 0 spiro atoms. The monoisotopic (exact) mass is 447 g/mol. The van der Waals surface area contributed by atoms with Crippen LogP contribution in [0.4, 0.5) is 0 Å². The Labute approximate surface area is 196 Å². The molecule has 0 aliphatic rings. The summed E-state index contributed by atoms with van der Waals surface area (Å²) in [5.41, 5.74) is 0.858. The number of halogens is 1. The Bertz CT molecular complexity index is 721. The van der Waals surface area contributed by atoms with Gasteiger partial charge in [-0.15, -0.1) is 0 Å². The van der Waals surface area contributed by atoms with Crippen molar-refractivity contribution >= 4 is 0 Å². The van der Waals surface area contributed by atoms with Gasteiger partial charge in [0, 0.05) is 5.56 Å². The van der Waals surface area contributed by atoms with E-state index in [0.29, 0.717) is 18.4 Å². The fourth-order valence-corrected chi connectivity index (χ4v) is 4.26. The van der Waals surface area contributed by atoms with Crippen molar-refractivity contribution in [2.24, 2.45) is 11.8 Å². The SMILES string of the molecule is CC[N+](C)(C)C(OCC(CC(C)C)(CC(C)C)Oc1ccccc1)c1ccccc1.[Cl-]. The van der Waals surface area contributed by atoms with Gasteiger partial charge in [-0.3, -0.25) is 4.48 Å². The van der Waals surface area contributed by atoms with Crippen LogP contribution in [-0.2, 0) is 4.74 Å². The summed E-state index contributed by atoms with van der Waals surface area (Å²) in [7, 11) is 4.48. The molecule has 0 aliphatic carbocycles. The zero-order chi connectivity index (χ0) is 22.2. The van der Waals surface area contributed by atoms with Crippen LogP contribution >= 0.6 is 0 Å². The number of rotatable bonds is 12. The minimum absolute atomic E-state index is 0. The first-order valence-electron chi connectivity index (χ1n) is 11.4. The van der Waals surface area contributed by atoms with Gasteiger partial charge in [-0.25, -0.2) is 0 Å². The Balaban J connectivity index is 0.00000480. The molecule has 0 saturated carbocycles. The first-order valence-corrected chi connectivity index (χ1v) is 11.4. The average molecular weight is 448 g/mol. The Kier molecular flexibility index (Phi) is 11.1. The summed E-state index contributed by atoms with van der Waals surface area (Å²) in [6.45, 7) is 12.8. The third-order valence-electron chi connectivity index (χ3n) is 5.68. The molecule has 0 fully saturated rings. The fourth-order valence-electron chi connectivity index (χ4n) is 4.26. The van der Waals surface area contributed by atoms with E-state index in [1.165, 1.54) is 5.56 Å². The lowest BCUT2D eigenvalue weighted by Crippen LogP contribution is -3.00. The van der Waals surface area contributed by atoms with Crippen molar-refractivity contribution in [2.45, 2.75) is 59.3 Å². The smallest absolute Gasteiger partial charge is 0.219 e. The molecule has 0 saturated heterocycles. The predicted octanol–water partition coefficient (Wildman–Crippen LogP) is 3.71. The number of para-hydroxylation sites is 1. The zero-order valence-corrected chi connectivity index (χ0v) is 21.2. The molecule has 0 aromatic heterocycles. The van der Waals surface area contributed by atoms with Crippen molar-refractivity contribution in [1.29, 1.82) is 0 Å². The number of ether oxygens (including phenoxy) is 2. The van der Waals surface area contributed by atoms with Gasteiger partial charge in [0.2, 0.25) is 6.23 Å². The second-order valence-corrected chi connectivity index (χ2v) is 9.96. The van der Waals surface area contributed by atoms with Crippen LogP contribution in [0, 0.1) is 11.8 Å². The summed E-state index contributed by atoms with van der Waals surface area (Å²) >= 11 is 0. The summed E-state index contributed by atoms with van der Waals surface area (Å²) in [5.74, 6) is 1.95. The molecule has 3 nitrogen and oxygen atoms in total. The van der Waals surface area contributed by atoms with Gasteiger partial charge in [-0.2, -0.15) is 0 Å². The zero-order valence-electron chi connectivity index (χ0n) is 20.5. The summed E-state index contributed by atoms with van der Waals surface area (Å²) in [6.07, 6.45) is 1.89. The van der Waals surface area contributed by atoms with Crippen molar-refractivity contribution in [3.8, 4) is 5.75 Å². The van der Waals surface area contributed by atoms with Crippen molar-refractivity contribution in [2.75, 3.05) is 27.2 Å². The highest BCUT2D eigenvalue weighted by molar-refractivity contribution is 5.22. The third-order valence-corrected chi connectivity index (χ3v) is 5.68. The predicted molar refractivity (Wildman–Crippen MR) is 126 cm³/mol. The largest absolute Gasteiger partial charge is 1.00 e. The number of hydrogen-bond donors (Lipinski definition) is 0. The molecule has 1 atom stereocenters. The minimum atomic E-state index is -0.357. The molecule has 0 amide bonds. The Morgan fingerprint density at radius 2 is 1.29 bits per heavy atom. The highest BCUT2D eigenvalue weighted by Crippen LogP contribution is 2.35. The van der Waals surface area contributed by atoms with Crippen LogP contribution in [0.15, 0.2) is 60.7 Å². The van der Waals surface area contributed by atoms with E-state index in [1.54, 1.807) is 0 Å². The van der Waals surface area contributed by atoms with Crippen molar-refractivity contribution < 1.29 is 26.4 Å². The lowest BCUT2D eigenvalue weighted by atomic mass is 9.85. The van der Waals surface area contributed by atoms with Crippen LogP contribution in [0.2, 0.25) is 0 Å². The molecule has 0 aliphatic heterocycles. The fraction of sp³-hybridized carbons (Fsp3) is 0.556. The van der Waals surface area contributed by atoms with Crippen LogP contribution in [-0.4, -0.2) is 37.3 Å². The second kappa shape index (κ2) is 12.5. The van der Waals surface area contributed by atoms with E-state index >= 15 is 0 Å². The van der Waals surface area contributed by atoms with Gasteiger partial charge in [0.15, 0.2) is 0 Å². The molecular weight excluding hydrogens is 406 g/mol. The number of quaternary nitrogens is 1. The van der Waals surface area contributed by atoms with E-state index in [0.717, 1.165) is 29.6 Å². The first-order chi connectivity index (χ1) is 14.2. The molecule has 2 aromatic rings. The standard InChI is InChI=1S/C27H42NO2.ClH/c1-8-28(6,7)26(24-15-11-9-12-16-24)29-21-27(19-22(2)3,20-23(4)5)30-25-17-13-10-14-18-25;/h9-18,22-23,26H,8,19-21H2,1-7H3;1H/q+1;/p-1. The molecule has 2 aromatic carbocycles. The molecule has 0 heterocycles. The molecule has 1 unspecified atom stereocenters. The van der Waals surface area contributed by atoms with Gasteiger partial charge in [-0.1, -0.05) is 76.2 Å². The average Bonchev–Trinajstić information content (AvgIpc) is 2.68. The number of hydrogen-bond acceptors (Lipinski definition) is 2. The van der Waals surface area contributed by atoms with Crippen LogP contribution < -0.4 is 17.1 Å². The molecule has 0 bridgehead atoms. The Hall–Kier alpha value is -1.55. The molecule has 174 valence electrons. The maximum absolute atomic E-state index is 6.77. The van der Waals surface area contributed by atoms with Gasteiger partial charge in [-0.05, 0) is 43.7 Å². The summed E-state index contributed by atoms with van der Waals surface area (Å²) in [4.78, 5) is 0. The highest BCUT2D eigenvalue weighted by Gasteiger charge is 2.38. The van der Waals surface area contributed by atoms with E-state index in [4.69, 9.17) is 9.47 Å². The van der Waals surface area contributed by atoms with Crippen LogP contribution in [0.5, 0.6) is 5.75 Å². The lowest BCUT2D eigenvalue weighted by molar-refractivity contribution is -0.943. The second-order valence-electron chi connectivity index (χ2n) is 9.96. The summed E-state index contributed by atoms with van der Waals surface area (Å²) in [5, 5.41) is 0. The van der Waals surface area contributed by atoms with Gasteiger partial charge < -0.3 is 21.9 Å². The first kappa shape index (κ1) is 27.5. The van der Waals surface area contributed by atoms with Crippen molar-refractivity contribution in [1.82, 2.24) is 0 Å². The van der Waals surface area contributed by atoms with Gasteiger partial charge >= 0.3 is 0 Å². The maximum atomic E-state index is 6.77. The van der Waals surface area contributed by atoms with Crippen molar-refractivity contribution in [3.05, 3.63) is 66.2 Å². The van der Waals surface area contributed by atoms with E-state index in [-0.39, 0.29) is 24.2 Å². The number of nitrogens with zero attached hydrogens (tertiary/aromatic N) is 1. The molecular formula is C27H42ClNO2. The van der Waals surface area contributed by atoms with Gasteiger partial charge in [0.05, 0.1) is 27.2 Å².